The van der Waals surface area contributed by atoms with Crippen LogP contribution < -0.4 is 4.74 Å². The van der Waals surface area contributed by atoms with Crippen molar-refractivity contribution in [2.45, 2.75) is 39.0 Å². The number of carbonyl (C=O) groups excluding carboxylic acids is 1. The van der Waals surface area contributed by atoms with Crippen LogP contribution in [0.4, 0.5) is 4.79 Å². The lowest BCUT2D eigenvalue weighted by Gasteiger charge is -2.40. The molecule has 0 bridgehead atoms. The van der Waals surface area contributed by atoms with Gasteiger partial charge in [-0.1, -0.05) is 17.5 Å². The van der Waals surface area contributed by atoms with Crippen LogP contribution in [0.15, 0.2) is 10.5 Å². The number of rotatable bonds is 0. The molecule has 2 aliphatic rings. The number of piperazine rings is 1. The Balaban J connectivity index is 1.81. The Labute approximate surface area is 194 Å². The van der Waals surface area contributed by atoms with E-state index in [-0.39, 0.29) is 12.1 Å². The third kappa shape index (κ3) is 5.79. The van der Waals surface area contributed by atoms with Gasteiger partial charge in [0.1, 0.15) is 18.0 Å². The first kappa shape index (κ1) is 23.6. The summed E-state index contributed by atoms with van der Waals surface area (Å²) in [6, 6.07) is 2.16. The largest absolute Gasteiger partial charge is 0.490 e. The summed E-state index contributed by atoms with van der Waals surface area (Å²) in [4.78, 5) is 16.6. The number of benzene rings is 1. The second-order valence-electron chi connectivity index (χ2n) is 9.47. The second kappa shape index (κ2) is 8.82. The van der Waals surface area contributed by atoms with Gasteiger partial charge in [-0.25, -0.2) is 4.79 Å². The molecule has 0 radical (unpaired) electrons. The highest BCUT2D eigenvalue weighted by Crippen LogP contribution is 2.41. The van der Waals surface area contributed by atoms with E-state index in [0.717, 1.165) is 22.1 Å². The van der Waals surface area contributed by atoms with Gasteiger partial charge in [0.15, 0.2) is 0 Å². The molecule has 1 amide bonds. The fourth-order valence-electron chi connectivity index (χ4n) is 3.38. The van der Waals surface area contributed by atoms with Crippen molar-refractivity contribution < 1.29 is 14.3 Å². The van der Waals surface area contributed by atoms with Crippen molar-refractivity contribution in [3.63, 3.8) is 0 Å². The van der Waals surface area contributed by atoms with E-state index in [2.05, 4.69) is 56.8 Å². The minimum Gasteiger partial charge on any atom is -0.490 e. The van der Waals surface area contributed by atoms with E-state index < -0.39 is 15.6 Å². The third-order valence-corrected chi connectivity index (χ3v) is 6.91. The van der Waals surface area contributed by atoms with E-state index in [1.165, 1.54) is 0 Å². The number of hydrogen-bond acceptors (Lipinski definition) is 4. The first-order valence-electron chi connectivity index (χ1n) is 9.91. The molecule has 1 saturated heterocycles. The molecule has 1 aromatic rings. The number of ether oxygens (including phenoxy) is 2. The average Bonchev–Trinajstić information content (AvgIpc) is 2.80. The van der Waals surface area contributed by atoms with Gasteiger partial charge in [-0.15, -0.1) is 0 Å². The highest BCUT2D eigenvalue weighted by Gasteiger charge is 2.35. The first-order chi connectivity index (χ1) is 13.8. The Bertz CT molecular complexity index is 899. The highest BCUT2D eigenvalue weighted by atomic mass is 79.9. The molecule has 2 aliphatic heterocycles. The summed E-state index contributed by atoms with van der Waals surface area (Å²) in [6.45, 7) is 8.79. The minimum absolute atomic E-state index is 0.0852. The zero-order valence-electron chi connectivity index (χ0n) is 18.5. The van der Waals surface area contributed by atoms with Gasteiger partial charge in [0, 0.05) is 37.3 Å². The fraction of sp³-hybridized carbons (Fsp3) is 0.591. The molecule has 0 spiro atoms. The summed E-state index contributed by atoms with van der Waals surface area (Å²) in [7, 11) is -0.943. The number of nitrogens with zero attached hydrogens (tertiary/aromatic N) is 2. The maximum Gasteiger partial charge on any atom is 0.410 e. The Morgan fingerprint density at radius 3 is 2.67 bits per heavy atom. The van der Waals surface area contributed by atoms with Crippen molar-refractivity contribution >= 4 is 43.7 Å². The molecular weight excluding hydrogens is 488 g/mol. The summed E-state index contributed by atoms with van der Waals surface area (Å²) < 4.78 is 12.4. The van der Waals surface area contributed by atoms with E-state index >= 15 is 0 Å². The third-order valence-electron chi connectivity index (χ3n) is 4.78. The van der Waals surface area contributed by atoms with Gasteiger partial charge >= 0.3 is 6.09 Å². The van der Waals surface area contributed by atoms with Gasteiger partial charge < -0.3 is 14.4 Å². The quantitative estimate of drug-likeness (QED) is 0.458. The van der Waals surface area contributed by atoms with Crippen LogP contribution in [-0.4, -0.2) is 72.5 Å². The standard InChI is InChI=1S/C22H30BrClN2O3S/c1-22(2,3)29-21(27)26-9-8-25-12-16-11-15(7-10-30(4,5)6)18(23)19(24)20(16)28-14-17(25)13-26/h11,17H,8-9,12-14H2,1-6H3/t17-/m1/s1. The molecule has 30 heavy (non-hydrogen) atoms. The van der Waals surface area contributed by atoms with E-state index in [4.69, 9.17) is 21.1 Å². The number of halogens is 2. The van der Waals surface area contributed by atoms with E-state index in [0.29, 0.717) is 37.0 Å². The lowest BCUT2D eigenvalue weighted by atomic mass is 10.1. The monoisotopic (exact) mass is 516 g/mol. The zero-order valence-corrected chi connectivity index (χ0v) is 21.6. The molecule has 0 aromatic heterocycles. The predicted octanol–water partition coefficient (Wildman–Crippen LogP) is 4.92. The number of fused-ring (bicyclic) bond motifs is 2. The SMILES string of the molecule is CC(C)(C)OC(=O)N1CCN2Cc3cc(C#CS(C)(C)C)c(Br)c(Cl)c3OC[C@H]2C1. The maximum atomic E-state index is 12.5. The molecule has 3 rings (SSSR count). The zero-order chi connectivity index (χ0) is 22.3. The van der Waals surface area contributed by atoms with E-state index in [1.807, 2.05) is 20.8 Å². The summed E-state index contributed by atoms with van der Waals surface area (Å²) in [5.41, 5.74) is 1.41. The van der Waals surface area contributed by atoms with Crippen molar-refractivity contribution in [3.05, 3.63) is 26.7 Å². The molecule has 0 saturated carbocycles. The Hall–Kier alpha value is -1.07. The molecule has 1 atom stereocenters. The molecule has 2 heterocycles. The summed E-state index contributed by atoms with van der Waals surface area (Å²) >= 11 is 10.2. The summed E-state index contributed by atoms with van der Waals surface area (Å²) in [6.07, 6.45) is 6.22. The molecule has 0 unspecified atom stereocenters. The molecule has 1 aromatic carbocycles. The van der Waals surface area contributed by atoms with Gasteiger partial charge in [-0.2, -0.15) is 10.0 Å². The van der Waals surface area contributed by atoms with Gasteiger partial charge in [0.25, 0.3) is 0 Å². The van der Waals surface area contributed by atoms with Gasteiger partial charge in [-0.05, 0) is 66.8 Å². The van der Waals surface area contributed by atoms with Crippen LogP contribution in [0.2, 0.25) is 5.02 Å². The maximum absolute atomic E-state index is 12.5. The van der Waals surface area contributed by atoms with Crippen LogP contribution in [-0.2, 0) is 11.3 Å². The van der Waals surface area contributed by atoms with Gasteiger partial charge in [-0.3, -0.25) is 4.90 Å². The molecule has 1 fully saturated rings. The molecule has 166 valence electrons. The average molecular weight is 518 g/mol. The van der Waals surface area contributed by atoms with E-state index in [9.17, 15) is 4.79 Å². The molecule has 8 heteroatoms. The van der Waals surface area contributed by atoms with E-state index in [1.54, 1.807) is 4.90 Å². The lowest BCUT2D eigenvalue weighted by Crippen LogP contribution is -2.56. The Kier molecular flexibility index (Phi) is 6.93. The van der Waals surface area contributed by atoms with Crippen molar-refractivity contribution in [2.75, 3.05) is 45.0 Å². The molecule has 0 aliphatic carbocycles. The number of hydrogen-bond donors (Lipinski definition) is 0. The van der Waals surface area contributed by atoms with Crippen LogP contribution in [0.5, 0.6) is 5.75 Å². The number of amides is 1. The van der Waals surface area contributed by atoms with Gasteiger partial charge in [0.2, 0.25) is 0 Å². The van der Waals surface area contributed by atoms with Crippen LogP contribution in [0.1, 0.15) is 31.9 Å². The molecule has 0 N–H and O–H groups in total. The van der Waals surface area contributed by atoms with Crippen LogP contribution in [0, 0.1) is 11.2 Å². The minimum atomic E-state index is -0.943. The normalized spacial score (nSPS) is 20.1. The highest BCUT2D eigenvalue weighted by molar-refractivity contribution is 9.10. The molecular formula is C22H30BrClN2O3S. The Morgan fingerprint density at radius 2 is 2.03 bits per heavy atom. The van der Waals surface area contributed by atoms with Crippen molar-refractivity contribution in [3.8, 4) is 16.9 Å². The summed E-state index contributed by atoms with van der Waals surface area (Å²) in [5, 5.41) is 3.91. The summed E-state index contributed by atoms with van der Waals surface area (Å²) in [5.74, 6) is 4.00. The van der Waals surface area contributed by atoms with Crippen LogP contribution >= 0.6 is 37.6 Å². The Morgan fingerprint density at radius 1 is 1.33 bits per heavy atom. The first-order valence-corrected chi connectivity index (χ1v) is 13.9. The molecule has 5 nitrogen and oxygen atoms in total. The van der Waals surface area contributed by atoms with Gasteiger partial charge in [0.05, 0.1) is 15.5 Å². The van der Waals surface area contributed by atoms with Crippen molar-refractivity contribution in [2.24, 2.45) is 0 Å². The predicted molar refractivity (Wildman–Crippen MR) is 129 cm³/mol. The lowest BCUT2D eigenvalue weighted by molar-refractivity contribution is -0.00154. The van der Waals surface area contributed by atoms with Crippen molar-refractivity contribution in [1.29, 1.82) is 0 Å². The van der Waals surface area contributed by atoms with Crippen molar-refractivity contribution in [1.82, 2.24) is 9.80 Å². The smallest absolute Gasteiger partial charge is 0.410 e. The fourth-order valence-corrected chi connectivity index (χ4v) is 4.47. The van der Waals surface area contributed by atoms with Crippen LogP contribution in [0.3, 0.4) is 0 Å². The topological polar surface area (TPSA) is 42.0 Å². The van der Waals surface area contributed by atoms with Crippen LogP contribution in [0.25, 0.3) is 0 Å². The number of carbonyl (C=O) groups is 1. The second-order valence-corrected chi connectivity index (χ2v) is 14.5.